The van der Waals surface area contributed by atoms with Crippen molar-refractivity contribution in [3.8, 4) is 23.6 Å². The largest absolute Gasteiger partial charge is 0.497 e. The highest BCUT2D eigenvalue weighted by Gasteiger charge is 2.46. The predicted octanol–water partition coefficient (Wildman–Crippen LogP) is 8.62. The van der Waals surface area contributed by atoms with Gasteiger partial charge in [-0.2, -0.15) is 26.8 Å². The summed E-state index contributed by atoms with van der Waals surface area (Å²) in [4.78, 5) is 79.5. The number of aromatic nitrogens is 6. The number of aromatic amines is 2. The monoisotopic (exact) mass is 1290 g/mol. The number of H-pyrrole nitrogens is 2. The molecule has 3 unspecified atom stereocenters. The lowest BCUT2D eigenvalue weighted by Crippen LogP contribution is -2.38. The maximum Gasteiger partial charge on any atom is 0.333 e. The molecule has 7 aromatic rings. The van der Waals surface area contributed by atoms with E-state index in [2.05, 4.69) is 47.4 Å². The Labute approximate surface area is 525 Å². The van der Waals surface area contributed by atoms with Gasteiger partial charge >= 0.3 is 14.3 Å². The molecule has 2 fully saturated rings. The van der Waals surface area contributed by atoms with Crippen LogP contribution >= 0.6 is 28.5 Å². The molecule has 2 aliphatic rings. The Hall–Kier alpha value is -7.59. The number of carbonyl (C=O) groups excluding carboxylic acids is 2. The van der Waals surface area contributed by atoms with Crippen LogP contribution in [0.5, 0.6) is 11.5 Å². The first-order valence-corrected chi connectivity index (χ1v) is 32.2. The average molecular weight is 1290 g/mol. The highest BCUT2D eigenvalue weighted by Crippen LogP contribution is 2.52. The highest BCUT2D eigenvalue weighted by molar-refractivity contribution is 7.44. The molecule has 9 rings (SSSR count). The van der Waals surface area contributed by atoms with E-state index in [9.17, 15) is 34.5 Å². The molecular formula is C61H71N11O15P2S. The van der Waals surface area contributed by atoms with Crippen molar-refractivity contribution in [2.75, 3.05) is 52.5 Å². The normalized spacial score (nSPS) is 19.0. The van der Waals surface area contributed by atoms with Crippen molar-refractivity contribution in [3.05, 3.63) is 167 Å². The van der Waals surface area contributed by atoms with Crippen molar-refractivity contribution in [2.45, 2.75) is 121 Å². The predicted molar refractivity (Wildman–Crippen MR) is 333 cm³/mol. The topological polar surface area (TPSA) is 320 Å². The van der Waals surface area contributed by atoms with Crippen LogP contribution in [0.25, 0.3) is 11.2 Å². The molecule has 29 heteroatoms. The third kappa shape index (κ3) is 16.1. The molecule has 8 atom stereocenters. The number of benzene rings is 3. The summed E-state index contributed by atoms with van der Waals surface area (Å²) in [6.45, 7) is 9.15. The maximum absolute atomic E-state index is 13.7. The van der Waals surface area contributed by atoms with Gasteiger partial charge in [-0.05, 0) is 87.0 Å². The van der Waals surface area contributed by atoms with E-state index in [1.54, 1.807) is 42.5 Å². The molecule has 4 aromatic heterocycles. The lowest BCUT2D eigenvalue weighted by molar-refractivity contribution is -0.116. The molecule has 2 amide bonds. The minimum Gasteiger partial charge on any atom is -0.497 e. The Kier molecular flexibility index (Phi) is 23.3. The van der Waals surface area contributed by atoms with Gasteiger partial charge < -0.3 is 51.6 Å². The van der Waals surface area contributed by atoms with Crippen molar-refractivity contribution >= 4 is 57.4 Å². The maximum atomic E-state index is 13.7. The number of carbonyl (C=O) groups is 2. The zero-order valence-corrected chi connectivity index (χ0v) is 53.2. The van der Waals surface area contributed by atoms with E-state index < -0.39 is 82.3 Å². The van der Waals surface area contributed by atoms with Crippen LogP contribution < -0.4 is 36.9 Å². The Morgan fingerprint density at radius 1 is 0.789 bits per heavy atom. The summed E-state index contributed by atoms with van der Waals surface area (Å²) in [5.41, 5.74) is -0.248. The summed E-state index contributed by atoms with van der Waals surface area (Å²) in [6, 6.07) is 30.5. The zero-order chi connectivity index (χ0) is 63.9. The van der Waals surface area contributed by atoms with Gasteiger partial charge in [-0.15, -0.1) is 0 Å². The minimum atomic E-state index is -2.43. The number of nitriles is 2. The number of nitrogens with one attached hydrogen (secondary N) is 4. The van der Waals surface area contributed by atoms with E-state index in [0.717, 1.165) is 16.7 Å². The number of hydrogen-bond acceptors (Lipinski definition) is 21. The number of methoxy groups -OCH3 is 2. The van der Waals surface area contributed by atoms with Crippen LogP contribution in [0.2, 0.25) is 0 Å². The fourth-order valence-electron chi connectivity index (χ4n) is 10.4. The SMILES string of the molecule is COc1ccc(C(OC[C@H]2OC(n3cnc4c(=O)[nH]c(NC(=O)CCNC(=O)c5ccsc5)nc43)C[C@H]2OP(OCCC#N)OC[C@H]2O[C@@H](n3cc(C)c(=O)[nH]c3=O)C[C@H]2OP(OCCC#N)N(C(C)C)C(C)C)(c2ccccc2)c2ccc(OC)cc2)cc1. The number of anilines is 1. The molecule has 0 spiro atoms. The summed E-state index contributed by atoms with van der Waals surface area (Å²) in [5.74, 6) is 0.191. The molecular weight excluding hydrogens is 1220 g/mol. The minimum absolute atomic E-state index is 0.0106. The van der Waals surface area contributed by atoms with Crippen LogP contribution in [-0.2, 0) is 47.2 Å². The van der Waals surface area contributed by atoms with Crippen LogP contribution in [0, 0.1) is 29.6 Å². The van der Waals surface area contributed by atoms with E-state index in [1.165, 1.54) is 28.4 Å². The van der Waals surface area contributed by atoms with Crippen molar-refractivity contribution in [2.24, 2.45) is 0 Å². The number of nitrogens with zero attached hydrogens (tertiary/aromatic N) is 7. The number of rotatable bonds is 31. The van der Waals surface area contributed by atoms with E-state index in [0.29, 0.717) is 17.1 Å². The van der Waals surface area contributed by atoms with Gasteiger partial charge in [0.15, 0.2) is 11.2 Å². The summed E-state index contributed by atoms with van der Waals surface area (Å²) in [7, 11) is -1.11. The summed E-state index contributed by atoms with van der Waals surface area (Å²) < 4.78 is 70.2. The van der Waals surface area contributed by atoms with Gasteiger partial charge in [-0.3, -0.25) is 43.6 Å². The number of hydrogen-bond donors (Lipinski definition) is 4. The van der Waals surface area contributed by atoms with Gasteiger partial charge in [-0.25, -0.2) is 14.4 Å². The van der Waals surface area contributed by atoms with Crippen LogP contribution in [0.1, 0.15) is 105 Å². The molecule has 4 N–H and O–H groups in total. The number of ether oxygens (including phenoxy) is 5. The molecule has 2 aliphatic heterocycles. The Morgan fingerprint density at radius 2 is 1.40 bits per heavy atom. The van der Waals surface area contributed by atoms with Gasteiger partial charge in [0.25, 0.3) is 25.6 Å². The van der Waals surface area contributed by atoms with Gasteiger partial charge in [0.1, 0.15) is 41.8 Å². The standard InChI is InChI=1S/C61H71N11O15P2S/c1-38(2)72(39(3)4)88(81-28-11-25-62)86-47-31-52(70-33-40(5)56(74)69-60(70)77)85-50(47)35-83-89(82-29-12-26-63)87-48-32-53(71-37-65-54-55(71)67-59(68-58(54)76)66-51(73)23-27-64-57(75)41-24-30-90-36-41)84-49(48)34-80-61(42-13-9-8-10-14-42,43-15-19-45(78-6)20-16-43)44-17-21-46(79-7)22-18-44/h8-10,13-22,24,30,33,36-39,47-50,52-53H,11-12,23,27-29,31-32,34-35H2,1-7H3,(H,64,75)(H,69,74,77)(H2,66,67,68,73,76)/t47-,48-,49-,50-,52-,53?,88?,89?/m1/s1. The number of amides is 2. The number of fused-ring (bicyclic) bond motifs is 1. The van der Waals surface area contributed by atoms with Crippen molar-refractivity contribution in [1.29, 1.82) is 10.5 Å². The third-order valence-corrected chi connectivity index (χ3v) is 18.8. The third-order valence-electron chi connectivity index (χ3n) is 14.7. The zero-order valence-electron chi connectivity index (χ0n) is 50.6. The molecule has 26 nitrogen and oxygen atoms in total. The van der Waals surface area contributed by atoms with Crippen LogP contribution in [-0.4, -0.2) is 129 Å². The molecule has 0 bridgehead atoms. The van der Waals surface area contributed by atoms with Gasteiger partial charge in [0.05, 0.1) is 84.2 Å². The molecule has 0 radical (unpaired) electrons. The highest BCUT2D eigenvalue weighted by atomic mass is 32.1. The average Bonchev–Trinajstić information content (AvgIpc) is 1.07. The number of thiophene rings is 1. The smallest absolute Gasteiger partial charge is 0.333 e. The van der Waals surface area contributed by atoms with E-state index in [-0.39, 0.29) is 106 Å². The molecule has 6 heterocycles. The molecule has 0 saturated carbocycles. The van der Waals surface area contributed by atoms with Crippen molar-refractivity contribution in [3.63, 3.8) is 0 Å². The van der Waals surface area contributed by atoms with Gasteiger partial charge in [-0.1, -0.05) is 54.6 Å². The Morgan fingerprint density at radius 3 is 2.01 bits per heavy atom. The second-order valence-electron chi connectivity index (χ2n) is 21.4. The van der Waals surface area contributed by atoms with Gasteiger partial charge in [0, 0.05) is 60.6 Å². The van der Waals surface area contributed by atoms with Crippen LogP contribution in [0.4, 0.5) is 5.95 Å². The van der Waals surface area contributed by atoms with E-state index in [1.807, 2.05) is 107 Å². The Bertz CT molecular complexity index is 3730. The lowest BCUT2D eigenvalue weighted by Gasteiger charge is -2.37. The molecule has 2 saturated heterocycles. The second-order valence-corrected chi connectivity index (χ2v) is 24.8. The first-order valence-electron chi connectivity index (χ1n) is 29.1. The first-order chi connectivity index (χ1) is 43.5. The fraction of sp³-hybridized carbons (Fsp3) is 0.426. The number of imidazole rings is 1. The first kappa shape index (κ1) is 66.8. The fourth-order valence-corrected chi connectivity index (χ4v) is 14.0. The molecule has 90 heavy (non-hydrogen) atoms. The summed E-state index contributed by atoms with van der Waals surface area (Å²) in [6.07, 6.45) is -2.68. The second kappa shape index (κ2) is 31.4. The van der Waals surface area contributed by atoms with Crippen molar-refractivity contribution < 1.29 is 55.9 Å². The van der Waals surface area contributed by atoms with E-state index >= 15 is 0 Å². The molecule has 476 valence electrons. The molecule has 3 aromatic carbocycles. The van der Waals surface area contributed by atoms with Gasteiger partial charge in [0.2, 0.25) is 11.9 Å². The quantitative estimate of drug-likeness (QED) is 0.0179. The summed E-state index contributed by atoms with van der Waals surface area (Å²) >= 11 is 1.37. The van der Waals surface area contributed by atoms with Crippen molar-refractivity contribution in [1.82, 2.24) is 39.1 Å². The molecule has 0 aliphatic carbocycles. The van der Waals surface area contributed by atoms with E-state index in [4.69, 9.17) is 46.3 Å². The van der Waals surface area contributed by atoms with Crippen LogP contribution in [0.15, 0.2) is 123 Å². The van der Waals surface area contributed by atoms with Crippen LogP contribution in [0.3, 0.4) is 0 Å². The summed E-state index contributed by atoms with van der Waals surface area (Å²) in [5, 5.41) is 28.1. The number of aryl methyl sites for hydroxylation is 1. The lowest BCUT2D eigenvalue weighted by atomic mass is 9.80. The Balaban J connectivity index is 1.06.